The van der Waals surface area contributed by atoms with Gasteiger partial charge in [-0.25, -0.2) is 0 Å². The number of hydrogen-bond donors (Lipinski definition) is 1. The van der Waals surface area contributed by atoms with E-state index in [4.69, 9.17) is 0 Å². The van der Waals surface area contributed by atoms with E-state index in [9.17, 15) is 0 Å². The average Bonchev–Trinajstić information content (AvgIpc) is 2.70. The molecule has 0 saturated carbocycles. The fourth-order valence-electron chi connectivity index (χ4n) is 2.35. The highest BCUT2D eigenvalue weighted by Gasteiger charge is 2.15. The Labute approximate surface area is 119 Å². The van der Waals surface area contributed by atoms with E-state index in [1.54, 1.807) is 0 Å². The van der Waals surface area contributed by atoms with E-state index in [1.165, 1.54) is 35.1 Å². The molecule has 1 rings (SSSR count). The molecular weight excluding hydrogens is 290 g/mol. The highest BCUT2D eigenvalue weighted by molar-refractivity contribution is 9.10. The van der Waals surface area contributed by atoms with Crippen LogP contribution in [-0.4, -0.2) is 22.9 Å². The zero-order valence-electron chi connectivity index (χ0n) is 12.1. The molecule has 0 aliphatic rings. The van der Waals surface area contributed by atoms with Crippen LogP contribution in [0.1, 0.15) is 51.4 Å². The van der Waals surface area contributed by atoms with Crippen LogP contribution in [0.2, 0.25) is 0 Å². The molecule has 4 heteroatoms. The third kappa shape index (κ3) is 3.82. The van der Waals surface area contributed by atoms with Gasteiger partial charge in [0.1, 0.15) is 0 Å². The molecule has 104 valence electrons. The van der Waals surface area contributed by atoms with Gasteiger partial charge in [0.25, 0.3) is 0 Å². The maximum absolute atomic E-state index is 4.65. The van der Waals surface area contributed by atoms with Gasteiger partial charge < -0.3 is 5.32 Å². The van der Waals surface area contributed by atoms with E-state index >= 15 is 0 Å². The van der Waals surface area contributed by atoms with Gasteiger partial charge in [-0.15, -0.1) is 0 Å². The summed E-state index contributed by atoms with van der Waals surface area (Å²) >= 11 is 3.71. The summed E-state index contributed by atoms with van der Waals surface area (Å²) in [6.45, 7) is 7.51. The van der Waals surface area contributed by atoms with Crippen molar-refractivity contribution >= 4 is 15.9 Å². The number of nitrogens with zero attached hydrogens (tertiary/aromatic N) is 2. The highest BCUT2D eigenvalue weighted by Crippen LogP contribution is 2.24. The molecule has 0 amide bonds. The van der Waals surface area contributed by atoms with Crippen molar-refractivity contribution in [3.63, 3.8) is 0 Å². The van der Waals surface area contributed by atoms with Crippen LogP contribution in [0, 0.1) is 0 Å². The summed E-state index contributed by atoms with van der Waals surface area (Å²) in [7, 11) is 2.06. The van der Waals surface area contributed by atoms with Gasteiger partial charge in [0.2, 0.25) is 0 Å². The maximum Gasteiger partial charge on any atom is 0.0766 e. The second-order valence-electron chi connectivity index (χ2n) is 4.69. The van der Waals surface area contributed by atoms with Gasteiger partial charge in [-0.2, -0.15) is 5.10 Å². The minimum absolute atomic E-state index is 0.618. The van der Waals surface area contributed by atoms with Crippen molar-refractivity contribution in [1.29, 1.82) is 0 Å². The van der Waals surface area contributed by atoms with Crippen LogP contribution in [0.4, 0.5) is 0 Å². The molecule has 1 aromatic heterocycles. The zero-order valence-corrected chi connectivity index (χ0v) is 13.7. The molecule has 0 bridgehead atoms. The summed E-state index contributed by atoms with van der Waals surface area (Å²) in [5.41, 5.74) is 2.54. The summed E-state index contributed by atoms with van der Waals surface area (Å²) in [6.07, 6.45) is 5.74. The van der Waals surface area contributed by atoms with Crippen LogP contribution in [-0.2, 0) is 19.4 Å². The number of rotatable bonds is 8. The molecule has 1 unspecified atom stereocenters. The van der Waals surface area contributed by atoms with E-state index in [2.05, 4.69) is 58.8 Å². The van der Waals surface area contributed by atoms with Gasteiger partial charge in [-0.3, -0.25) is 4.68 Å². The minimum atomic E-state index is 0.618. The van der Waals surface area contributed by atoms with Crippen LogP contribution in [0.5, 0.6) is 0 Å². The Morgan fingerprint density at radius 2 is 2.00 bits per heavy atom. The molecule has 0 aromatic carbocycles. The molecule has 1 atom stereocenters. The number of aromatic nitrogens is 2. The topological polar surface area (TPSA) is 29.9 Å². The molecule has 18 heavy (non-hydrogen) atoms. The van der Waals surface area contributed by atoms with Crippen molar-refractivity contribution in [2.24, 2.45) is 0 Å². The van der Waals surface area contributed by atoms with E-state index in [0.717, 1.165) is 19.4 Å². The lowest BCUT2D eigenvalue weighted by atomic mass is 10.0. The second-order valence-corrected chi connectivity index (χ2v) is 5.48. The maximum atomic E-state index is 4.65. The lowest BCUT2D eigenvalue weighted by Crippen LogP contribution is -2.25. The van der Waals surface area contributed by atoms with Crippen molar-refractivity contribution < 1.29 is 0 Å². The van der Waals surface area contributed by atoms with Crippen molar-refractivity contribution in [2.45, 2.75) is 65.5 Å². The Bertz CT molecular complexity index is 360. The van der Waals surface area contributed by atoms with Crippen molar-refractivity contribution in [1.82, 2.24) is 15.1 Å². The van der Waals surface area contributed by atoms with Gasteiger partial charge in [-0.1, -0.05) is 20.3 Å². The fourth-order valence-corrected chi connectivity index (χ4v) is 3.11. The van der Waals surface area contributed by atoms with Gasteiger partial charge >= 0.3 is 0 Å². The fraction of sp³-hybridized carbons (Fsp3) is 0.786. The molecule has 3 nitrogen and oxygen atoms in total. The van der Waals surface area contributed by atoms with Gasteiger partial charge in [0.15, 0.2) is 0 Å². The zero-order chi connectivity index (χ0) is 13.5. The summed E-state index contributed by atoms with van der Waals surface area (Å²) < 4.78 is 3.36. The number of halogens is 1. The molecule has 0 radical (unpaired) electrons. The normalized spacial score (nSPS) is 12.9. The standard InChI is InChI=1S/C14H26BrN3/c1-5-8-11(16-4)9-10-13-14(15)12(6-2)17-18(13)7-3/h11,16H,5-10H2,1-4H3. The van der Waals surface area contributed by atoms with Crippen LogP contribution < -0.4 is 5.32 Å². The van der Waals surface area contributed by atoms with E-state index < -0.39 is 0 Å². The Morgan fingerprint density at radius 3 is 2.50 bits per heavy atom. The minimum Gasteiger partial charge on any atom is -0.317 e. The Balaban J connectivity index is 2.73. The first-order chi connectivity index (χ1) is 8.67. The molecule has 0 spiro atoms. The van der Waals surface area contributed by atoms with Crippen LogP contribution in [0.15, 0.2) is 4.47 Å². The van der Waals surface area contributed by atoms with Gasteiger partial charge in [-0.05, 0) is 55.6 Å². The Kier molecular flexibility index (Phi) is 6.94. The van der Waals surface area contributed by atoms with E-state index in [0.29, 0.717) is 6.04 Å². The molecule has 0 fully saturated rings. The SMILES string of the molecule is CCCC(CCc1c(Br)c(CC)nn1CC)NC. The average molecular weight is 316 g/mol. The first-order valence-corrected chi connectivity index (χ1v) is 7.88. The predicted octanol–water partition coefficient (Wildman–Crippen LogP) is 3.55. The molecule has 1 heterocycles. The number of aryl methyl sites for hydroxylation is 2. The first kappa shape index (κ1) is 15.7. The van der Waals surface area contributed by atoms with E-state index in [-0.39, 0.29) is 0 Å². The highest BCUT2D eigenvalue weighted by atomic mass is 79.9. The molecule has 0 saturated heterocycles. The second kappa shape index (κ2) is 7.95. The van der Waals surface area contributed by atoms with E-state index in [1.807, 2.05) is 0 Å². The van der Waals surface area contributed by atoms with Gasteiger partial charge in [0.05, 0.1) is 15.9 Å². The van der Waals surface area contributed by atoms with Gasteiger partial charge in [0, 0.05) is 12.6 Å². The monoisotopic (exact) mass is 315 g/mol. The van der Waals surface area contributed by atoms with Crippen LogP contribution in [0.25, 0.3) is 0 Å². The summed E-state index contributed by atoms with van der Waals surface area (Å²) in [5.74, 6) is 0. The molecule has 0 aliphatic heterocycles. The first-order valence-electron chi connectivity index (χ1n) is 7.09. The lowest BCUT2D eigenvalue weighted by molar-refractivity contribution is 0.473. The van der Waals surface area contributed by atoms with Crippen LogP contribution >= 0.6 is 15.9 Å². The Hall–Kier alpha value is -0.350. The van der Waals surface area contributed by atoms with Crippen molar-refractivity contribution in [3.05, 3.63) is 15.9 Å². The third-order valence-electron chi connectivity index (χ3n) is 3.47. The largest absolute Gasteiger partial charge is 0.317 e. The molecule has 1 N–H and O–H groups in total. The van der Waals surface area contributed by atoms with Crippen molar-refractivity contribution in [2.75, 3.05) is 7.05 Å². The molecule has 1 aromatic rings. The molecular formula is C14H26BrN3. The van der Waals surface area contributed by atoms with Crippen molar-refractivity contribution in [3.8, 4) is 0 Å². The third-order valence-corrected chi connectivity index (χ3v) is 4.38. The summed E-state index contributed by atoms with van der Waals surface area (Å²) in [5, 5.41) is 8.05. The summed E-state index contributed by atoms with van der Waals surface area (Å²) in [6, 6.07) is 0.618. The predicted molar refractivity (Wildman–Crippen MR) is 81.1 cm³/mol. The number of hydrogen-bond acceptors (Lipinski definition) is 2. The molecule has 0 aliphatic carbocycles. The smallest absolute Gasteiger partial charge is 0.0766 e. The van der Waals surface area contributed by atoms with Crippen LogP contribution in [0.3, 0.4) is 0 Å². The number of nitrogens with one attached hydrogen (secondary N) is 1. The lowest BCUT2D eigenvalue weighted by Gasteiger charge is -2.15. The quantitative estimate of drug-likeness (QED) is 0.795. The summed E-state index contributed by atoms with van der Waals surface area (Å²) in [4.78, 5) is 0. The Morgan fingerprint density at radius 1 is 1.28 bits per heavy atom.